The summed E-state index contributed by atoms with van der Waals surface area (Å²) in [5, 5.41) is 8.81. The molecule has 0 unspecified atom stereocenters. The molecule has 2 aromatic heterocycles. The Morgan fingerprint density at radius 1 is 0.870 bits per heavy atom. The summed E-state index contributed by atoms with van der Waals surface area (Å²) in [5.41, 5.74) is 1.94. The molecule has 4 rings (SSSR count). The number of para-hydroxylation sites is 1. The Balaban J connectivity index is 1.65. The Hall–Kier alpha value is -3.21. The highest BCUT2D eigenvalue weighted by atomic mass is 19.1. The molecule has 0 atom stereocenters. The molecule has 0 aliphatic carbocycles. The molecule has 2 aromatic carbocycles. The van der Waals surface area contributed by atoms with Crippen molar-refractivity contribution < 1.29 is 9.13 Å². The normalized spacial score (nSPS) is 10.8. The van der Waals surface area contributed by atoms with Crippen LogP contribution in [0.25, 0.3) is 16.6 Å². The number of aromatic nitrogens is 3. The van der Waals surface area contributed by atoms with Crippen LogP contribution in [0.3, 0.4) is 0 Å². The first kappa shape index (κ1) is 13.5. The number of halogens is 1. The lowest BCUT2D eigenvalue weighted by Crippen LogP contribution is -1.93. The summed E-state index contributed by atoms with van der Waals surface area (Å²) in [4.78, 5) is 0. The molecular weight excluding hydrogens is 293 g/mol. The van der Waals surface area contributed by atoms with Crippen LogP contribution in [-0.4, -0.2) is 14.8 Å². The molecule has 4 nitrogen and oxygen atoms in total. The zero-order valence-electron chi connectivity index (χ0n) is 12.1. The van der Waals surface area contributed by atoms with Crippen molar-refractivity contribution in [3.05, 3.63) is 79.0 Å². The van der Waals surface area contributed by atoms with E-state index in [1.165, 1.54) is 6.07 Å². The third-order valence-corrected chi connectivity index (χ3v) is 3.58. The summed E-state index contributed by atoms with van der Waals surface area (Å²) in [5.74, 6) is 0.406. The second kappa shape index (κ2) is 5.53. The lowest BCUT2D eigenvalue weighted by Gasteiger charge is -2.09. The van der Waals surface area contributed by atoms with Crippen molar-refractivity contribution in [1.82, 2.24) is 14.8 Å². The molecule has 0 saturated heterocycles. The highest BCUT2D eigenvalue weighted by Crippen LogP contribution is 2.26. The average Bonchev–Trinajstić information content (AvgIpc) is 3.02. The summed E-state index contributed by atoms with van der Waals surface area (Å²) in [6, 6.07) is 15.8. The molecular formula is C18H12FN3O. The van der Waals surface area contributed by atoms with Crippen LogP contribution >= 0.6 is 0 Å². The molecule has 0 fully saturated rings. The van der Waals surface area contributed by atoms with Gasteiger partial charge in [0.1, 0.15) is 5.75 Å². The number of hydrogen-bond acceptors (Lipinski definition) is 3. The standard InChI is InChI=1S/C18H12FN3O/c19-16-3-1-2-4-18(16)23-15-7-5-14(6-8-15)22-10-9-13-11-20-21-12-17(13)22/h1-12H. The van der Waals surface area contributed by atoms with Crippen LogP contribution in [0, 0.1) is 5.82 Å². The van der Waals surface area contributed by atoms with Gasteiger partial charge in [-0.05, 0) is 42.5 Å². The third-order valence-electron chi connectivity index (χ3n) is 3.58. The van der Waals surface area contributed by atoms with Crippen molar-refractivity contribution in [2.24, 2.45) is 0 Å². The topological polar surface area (TPSA) is 39.9 Å². The maximum Gasteiger partial charge on any atom is 0.165 e. The van der Waals surface area contributed by atoms with Crippen LogP contribution in [0.1, 0.15) is 0 Å². The molecule has 0 bridgehead atoms. The van der Waals surface area contributed by atoms with E-state index in [2.05, 4.69) is 10.2 Å². The van der Waals surface area contributed by atoms with Crippen molar-refractivity contribution >= 4 is 10.9 Å². The van der Waals surface area contributed by atoms with Gasteiger partial charge in [-0.3, -0.25) is 0 Å². The SMILES string of the molecule is Fc1ccccc1Oc1ccc(-n2ccc3cnncc32)cc1. The van der Waals surface area contributed by atoms with E-state index in [4.69, 9.17) is 4.74 Å². The highest BCUT2D eigenvalue weighted by Gasteiger charge is 2.06. The van der Waals surface area contributed by atoms with E-state index >= 15 is 0 Å². The maximum atomic E-state index is 13.6. The first-order valence-corrected chi connectivity index (χ1v) is 7.12. The van der Waals surface area contributed by atoms with E-state index in [9.17, 15) is 4.39 Å². The molecule has 0 spiro atoms. The van der Waals surface area contributed by atoms with Crippen molar-refractivity contribution in [2.75, 3.05) is 0 Å². The molecule has 4 aromatic rings. The summed E-state index contributed by atoms with van der Waals surface area (Å²) in [6.07, 6.45) is 5.40. The smallest absolute Gasteiger partial charge is 0.165 e. The summed E-state index contributed by atoms with van der Waals surface area (Å²) < 4.78 is 21.2. The first-order valence-electron chi connectivity index (χ1n) is 7.12. The second-order valence-electron chi connectivity index (χ2n) is 5.04. The predicted molar refractivity (Wildman–Crippen MR) is 85.3 cm³/mol. The monoisotopic (exact) mass is 305 g/mol. The van der Waals surface area contributed by atoms with Crippen LogP contribution in [0.15, 0.2) is 73.2 Å². The van der Waals surface area contributed by atoms with Crippen molar-refractivity contribution in [2.45, 2.75) is 0 Å². The number of rotatable bonds is 3. The van der Waals surface area contributed by atoms with Crippen LogP contribution in [-0.2, 0) is 0 Å². The molecule has 0 radical (unpaired) electrons. The fraction of sp³-hybridized carbons (Fsp3) is 0. The van der Waals surface area contributed by atoms with Gasteiger partial charge >= 0.3 is 0 Å². The molecule has 23 heavy (non-hydrogen) atoms. The van der Waals surface area contributed by atoms with Crippen LogP contribution < -0.4 is 4.74 Å². The van der Waals surface area contributed by atoms with E-state index in [0.717, 1.165) is 16.6 Å². The van der Waals surface area contributed by atoms with Gasteiger partial charge in [0.05, 0.1) is 17.9 Å². The van der Waals surface area contributed by atoms with E-state index in [-0.39, 0.29) is 11.6 Å². The average molecular weight is 305 g/mol. The Morgan fingerprint density at radius 3 is 2.48 bits per heavy atom. The van der Waals surface area contributed by atoms with E-state index in [1.54, 1.807) is 30.6 Å². The summed E-state index contributed by atoms with van der Waals surface area (Å²) in [7, 11) is 0. The van der Waals surface area contributed by atoms with Gasteiger partial charge in [0, 0.05) is 17.3 Å². The van der Waals surface area contributed by atoms with Gasteiger partial charge in [-0.15, -0.1) is 0 Å². The second-order valence-corrected chi connectivity index (χ2v) is 5.04. The van der Waals surface area contributed by atoms with Crippen molar-refractivity contribution in [3.8, 4) is 17.2 Å². The minimum absolute atomic E-state index is 0.210. The zero-order valence-corrected chi connectivity index (χ0v) is 12.1. The van der Waals surface area contributed by atoms with Crippen LogP contribution in [0.2, 0.25) is 0 Å². The van der Waals surface area contributed by atoms with Gasteiger partial charge in [0.2, 0.25) is 0 Å². The van der Waals surface area contributed by atoms with Crippen molar-refractivity contribution in [1.29, 1.82) is 0 Å². The molecule has 0 aliphatic heterocycles. The molecule has 2 heterocycles. The Morgan fingerprint density at radius 2 is 1.65 bits per heavy atom. The van der Waals surface area contributed by atoms with Gasteiger partial charge in [-0.25, -0.2) is 4.39 Å². The van der Waals surface area contributed by atoms with E-state index in [0.29, 0.717) is 5.75 Å². The Bertz CT molecular complexity index is 963. The molecule has 5 heteroatoms. The lowest BCUT2D eigenvalue weighted by atomic mass is 10.3. The number of fused-ring (bicyclic) bond motifs is 1. The van der Waals surface area contributed by atoms with E-state index in [1.807, 2.05) is 41.1 Å². The fourth-order valence-corrected chi connectivity index (χ4v) is 2.44. The predicted octanol–water partition coefficient (Wildman–Crippen LogP) is 4.35. The third kappa shape index (κ3) is 2.53. The highest BCUT2D eigenvalue weighted by molar-refractivity contribution is 5.80. The molecule has 0 amide bonds. The summed E-state index contributed by atoms with van der Waals surface area (Å²) in [6.45, 7) is 0. The van der Waals surface area contributed by atoms with Crippen molar-refractivity contribution in [3.63, 3.8) is 0 Å². The van der Waals surface area contributed by atoms with Gasteiger partial charge < -0.3 is 9.30 Å². The number of ether oxygens (including phenoxy) is 1. The van der Waals surface area contributed by atoms with Gasteiger partial charge in [0.25, 0.3) is 0 Å². The number of benzene rings is 2. The Kier molecular flexibility index (Phi) is 3.24. The quantitative estimate of drug-likeness (QED) is 0.565. The Labute approximate surface area is 131 Å². The number of hydrogen-bond donors (Lipinski definition) is 0. The largest absolute Gasteiger partial charge is 0.454 e. The van der Waals surface area contributed by atoms with Gasteiger partial charge in [-0.2, -0.15) is 10.2 Å². The fourth-order valence-electron chi connectivity index (χ4n) is 2.44. The molecule has 0 N–H and O–H groups in total. The maximum absolute atomic E-state index is 13.6. The molecule has 0 aliphatic rings. The first-order chi connectivity index (χ1) is 11.3. The molecule has 0 saturated carbocycles. The van der Waals surface area contributed by atoms with Crippen LogP contribution in [0.4, 0.5) is 4.39 Å². The summed E-state index contributed by atoms with van der Waals surface area (Å²) >= 11 is 0. The number of nitrogens with zero attached hydrogens (tertiary/aromatic N) is 3. The van der Waals surface area contributed by atoms with Crippen LogP contribution in [0.5, 0.6) is 11.5 Å². The minimum atomic E-state index is -0.383. The lowest BCUT2D eigenvalue weighted by molar-refractivity contribution is 0.442. The van der Waals surface area contributed by atoms with E-state index < -0.39 is 0 Å². The van der Waals surface area contributed by atoms with Gasteiger partial charge in [0.15, 0.2) is 11.6 Å². The zero-order chi connectivity index (χ0) is 15.6. The minimum Gasteiger partial charge on any atom is -0.454 e. The molecule has 112 valence electrons. The van der Waals surface area contributed by atoms with Gasteiger partial charge in [-0.1, -0.05) is 12.1 Å².